The van der Waals surface area contributed by atoms with Crippen LogP contribution in [0.1, 0.15) is 12.0 Å². The van der Waals surface area contributed by atoms with Crippen molar-refractivity contribution in [2.75, 3.05) is 32.8 Å². The van der Waals surface area contributed by atoms with E-state index in [0.29, 0.717) is 26.2 Å². The van der Waals surface area contributed by atoms with E-state index < -0.39 is 24.0 Å². The maximum Gasteiger partial charge on any atom is 0.393 e. The first-order valence-corrected chi connectivity index (χ1v) is 8.01. The number of alkyl halides is 3. The van der Waals surface area contributed by atoms with Crippen LogP contribution in [-0.4, -0.2) is 55.0 Å². The molecule has 1 aliphatic rings. The Morgan fingerprint density at radius 3 is 2.50 bits per heavy atom. The second-order valence-electron chi connectivity index (χ2n) is 6.05. The number of carbonyl (C=O) groups is 1. The average molecular weight is 345 g/mol. The fraction of sp³-hybridized carbons (Fsp3) is 0.588. The zero-order chi connectivity index (χ0) is 17.6. The van der Waals surface area contributed by atoms with E-state index in [1.165, 1.54) is 5.56 Å². The van der Waals surface area contributed by atoms with Crippen molar-refractivity contribution in [3.05, 3.63) is 35.9 Å². The molecule has 134 valence electrons. The van der Waals surface area contributed by atoms with Crippen LogP contribution in [0.25, 0.3) is 0 Å². The molecule has 0 saturated carbocycles. The number of aliphatic carboxylic acids is 1. The lowest BCUT2D eigenvalue weighted by Gasteiger charge is -2.18. The van der Waals surface area contributed by atoms with Crippen molar-refractivity contribution < 1.29 is 27.8 Å². The lowest BCUT2D eigenvalue weighted by atomic mass is 9.96. The first-order valence-electron chi connectivity index (χ1n) is 8.01. The minimum Gasteiger partial charge on any atom is -0.481 e. The summed E-state index contributed by atoms with van der Waals surface area (Å²) in [6, 6.07) is 9.88. The highest BCUT2D eigenvalue weighted by molar-refractivity contribution is 5.71. The van der Waals surface area contributed by atoms with Crippen molar-refractivity contribution in [3.8, 4) is 0 Å². The molecule has 0 aliphatic carbocycles. The van der Waals surface area contributed by atoms with Crippen LogP contribution in [0.4, 0.5) is 13.2 Å². The molecule has 0 aromatic heterocycles. The van der Waals surface area contributed by atoms with E-state index in [0.717, 1.165) is 6.42 Å². The quantitative estimate of drug-likeness (QED) is 0.736. The summed E-state index contributed by atoms with van der Waals surface area (Å²) in [5.74, 6) is -4.53. The average Bonchev–Trinajstić information content (AvgIpc) is 2.96. The number of hydrogen-bond acceptors (Lipinski definition) is 3. The maximum atomic E-state index is 12.9. The topological polar surface area (TPSA) is 49.8 Å². The molecule has 1 saturated heterocycles. The molecule has 1 aromatic rings. The fourth-order valence-corrected chi connectivity index (χ4v) is 2.98. The highest BCUT2D eigenvalue weighted by Crippen LogP contribution is 2.37. The molecule has 0 spiro atoms. The second kappa shape index (κ2) is 8.48. The minimum atomic E-state index is -4.47. The van der Waals surface area contributed by atoms with Crippen LogP contribution in [0.15, 0.2) is 30.3 Å². The summed E-state index contributed by atoms with van der Waals surface area (Å²) in [5, 5.41) is 8.96. The van der Waals surface area contributed by atoms with E-state index in [9.17, 15) is 18.0 Å². The van der Waals surface area contributed by atoms with Crippen molar-refractivity contribution in [1.82, 2.24) is 4.90 Å². The highest BCUT2D eigenvalue weighted by atomic mass is 19.4. The lowest BCUT2D eigenvalue weighted by molar-refractivity contribution is -0.188. The van der Waals surface area contributed by atoms with E-state index in [-0.39, 0.29) is 13.1 Å². The van der Waals surface area contributed by atoms with Gasteiger partial charge in [-0.2, -0.15) is 13.2 Å². The number of carboxylic acid groups (broad SMARTS) is 1. The number of rotatable bonds is 8. The summed E-state index contributed by atoms with van der Waals surface area (Å²) < 4.78 is 44.1. The smallest absolute Gasteiger partial charge is 0.393 e. The van der Waals surface area contributed by atoms with E-state index in [2.05, 4.69) is 0 Å². The van der Waals surface area contributed by atoms with Gasteiger partial charge in [0.05, 0.1) is 18.4 Å². The van der Waals surface area contributed by atoms with Gasteiger partial charge in [0.1, 0.15) is 0 Å². The first kappa shape index (κ1) is 18.7. The molecule has 0 bridgehead atoms. The van der Waals surface area contributed by atoms with Gasteiger partial charge in [0, 0.05) is 26.2 Å². The summed E-state index contributed by atoms with van der Waals surface area (Å²) in [4.78, 5) is 12.6. The van der Waals surface area contributed by atoms with Gasteiger partial charge in [0.25, 0.3) is 0 Å². The molecule has 2 atom stereocenters. The second-order valence-corrected chi connectivity index (χ2v) is 6.05. The van der Waals surface area contributed by atoms with Gasteiger partial charge >= 0.3 is 12.1 Å². The molecule has 24 heavy (non-hydrogen) atoms. The molecule has 0 unspecified atom stereocenters. The van der Waals surface area contributed by atoms with Crippen molar-refractivity contribution in [2.24, 2.45) is 11.8 Å². The van der Waals surface area contributed by atoms with Gasteiger partial charge in [-0.05, 0) is 18.4 Å². The summed E-state index contributed by atoms with van der Waals surface area (Å²) in [5.41, 5.74) is 1.18. The Morgan fingerprint density at radius 2 is 1.92 bits per heavy atom. The van der Waals surface area contributed by atoms with E-state index >= 15 is 0 Å². The predicted octanol–water partition coefficient (Wildman–Crippen LogP) is 2.83. The molecule has 1 aromatic carbocycles. The van der Waals surface area contributed by atoms with Gasteiger partial charge in [-0.1, -0.05) is 30.3 Å². The largest absolute Gasteiger partial charge is 0.481 e. The summed E-state index contributed by atoms with van der Waals surface area (Å²) in [6.45, 7) is 1.14. The number of nitrogens with zero attached hydrogens (tertiary/aromatic N) is 1. The molecule has 1 aliphatic heterocycles. The van der Waals surface area contributed by atoms with Crippen LogP contribution < -0.4 is 0 Å². The van der Waals surface area contributed by atoms with Gasteiger partial charge < -0.3 is 14.7 Å². The predicted molar refractivity (Wildman–Crippen MR) is 82.7 cm³/mol. The Hall–Kier alpha value is -1.60. The van der Waals surface area contributed by atoms with Crippen molar-refractivity contribution in [3.63, 3.8) is 0 Å². The third-order valence-corrected chi connectivity index (χ3v) is 4.27. The molecule has 7 heteroatoms. The molecular weight excluding hydrogens is 323 g/mol. The molecule has 1 N–H and O–H groups in total. The molecule has 2 rings (SSSR count). The Balaban J connectivity index is 1.65. The van der Waals surface area contributed by atoms with Crippen molar-refractivity contribution >= 4 is 5.97 Å². The van der Waals surface area contributed by atoms with Crippen molar-refractivity contribution in [2.45, 2.75) is 19.0 Å². The fourth-order valence-electron chi connectivity index (χ4n) is 2.98. The number of benzene rings is 1. The lowest BCUT2D eigenvalue weighted by Crippen LogP contribution is -2.33. The molecule has 0 radical (unpaired) electrons. The third kappa shape index (κ3) is 5.49. The SMILES string of the molecule is O=C(O)[C@@H]1CN(CCCOCCc2ccccc2)C[C@H]1C(F)(F)F. The maximum absolute atomic E-state index is 12.9. The van der Waals surface area contributed by atoms with Gasteiger partial charge in [-0.25, -0.2) is 0 Å². The number of likely N-dealkylation sites (tertiary alicyclic amines) is 1. The third-order valence-electron chi connectivity index (χ3n) is 4.27. The molecular formula is C17H22F3NO3. The normalized spacial score (nSPS) is 22.0. The van der Waals surface area contributed by atoms with E-state index in [4.69, 9.17) is 9.84 Å². The number of hydrogen-bond donors (Lipinski definition) is 1. The molecule has 4 nitrogen and oxygen atoms in total. The van der Waals surface area contributed by atoms with Crippen LogP contribution in [0.2, 0.25) is 0 Å². The van der Waals surface area contributed by atoms with Gasteiger partial charge in [0.2, 0.25) is 0 Å². The highest BCUT2D eigenvalue weighted by Gasteiger charge is 2.52. The van der Waals surface area contributed by atoms with Crippen LogP contribution in [-0.2, 0) is 16.0 Å². The number of ether oxygens (including phenoxy) is 1. The van der Waals surface area contributed by atoms with Crippen LogP contribution >= 0.6 is 0 Å². The molecule has 1 heterocycles. The molecule has 0 amide bonds. The van der Waals surface area contributed by atoms with Crippen LogP contribution in [0, 0.1) is 11.8 Å². The number of carboxylic acids is 1. The van der Waals surface area contributed by atoms with Crippen LogP contribution in [0.3, 0.4) is 0 Å². The Labute approximate surface area is 139 Å². The van der Waals surface area contributed by atoms with E-state index in [1.807, 2.05) is 30.3 Å². The summed E-state index contributed by atoms with van der Waals surface area (Å²) in [7, 11) is 0. The minimum absolute atomic E-state index is 0.0521. The van der Waals surface area contributed by atoms with E-state index in [1.54, 1.807) is 4.90 Å². The zero-order valence-corrected chi connectivity index (χ0v) is 13.3. The number of halogens is 3. The monoisotopic (exact) mass is 345 g/mol. The van der Waals surface area contributed by atoms with Gasteiger partial charge in [0.15, 0.2) is 0 Å². The zero-order valence-electron chi connectivity index (χ0n) is 13.3. The standard InChI is InChI=1S/C17H22F3NO3/c18-17(19,20)15-12-21(11-14(15)16(22)23)8-4-9-24-10-7-13-5-2-1-3-6-13/h1-3,5-6,14-15H,4,7-12H2,(H,22,23)/t14-,15-/m1/s1. The summed E-state index contributed by atoms with van der Waals surface area (Å²) >= 11 is 0. The Kier molecular flexibility index (Phi) is 6.62. The Morgan fingerprint density at radius 1 is 1.21 bits per heavy atom. The van der Waals surface area contributed by atoms with Gasteiger partial charge in [-0.3, -0.25) is 4.79 Å². The molecule has 1 fully saturated rings. The first-order chi connectivity index (χ1) is 11.4. The van der Waals surface area contributed by atoms with Gasteiger partial charge in [-0.15, -0.1) is 0 Å². The van der Waals surface area contributed by atoms with Crippen molar-refractivity contribution in [1.29, 1.82) is 0 Å². The summed E-state index contributed by atoms with van der Waals surface area (Å²) in [6.07, 6.45) is -3.09. The van der Waals surface area contributed by atoms with Crippen LogP contribution in [0.5, 0.6) is 0 Å². The Bertz CT molecular complexity index is 522.